The summed E-state index contributed by atoms with van der Waals surface area (Å²) in [5.41, 5.74) is 0. The van der Waals surface area contributed by atoms with E-state index >= 15 is 0 Å². The lowest BCUT2D eigenvalue weighted by atomic mass is 10.4. The summed E-state index contributed by atoms with van der Waals surface area (Å²) in [6, 6.07) is 0. The van der Waals surface area contributed by atoms with Crippen molar-refractivity contribution in [2.24, 2.45) is 0 Å². The first-order valence-electron chi connectivity index (χ1n) is 4.46. The molecule has 0 N–H and O–H groups in total. The second-order valence-electron chi connectivity index (χ2n) is 2.68. The van der Waals surface area contributed by atoms with Gasteiger partial charge in [-0.1, -0.05) is 26.7 Å². The molecule has 1 unspecified atom stereocenters. The Hall–Kier alpha value is 0.722. The minimum atomic E-state index is -1.67. The van der Waals surface area contributed by atoms with Gasteiger partial charge in [0.25, 0.3) is 0 Å². The van der Waals surface area contributed by atoms with Gasteiger partial charge in [-0.15, -0.1) is 0 Å². The van der Waals surface area contributed by atoms with Gasteiger partial charge in [0.2, 0.25) is 0 Å². The zero-order valence-corrected chi connectivity index (χ0v) is 8.56. The third kappa shape index (κ3) is 10.7. The summed E-state index contributed by atoms with van der Waals surface area (Å²) >= 11 is 0. The molecule has 12 heavy (non-hydrogen) atoms. The Labute approximate surface area is 87.1 Å². The van der Waals surface area contributed by atoms with Crippen molar-refractivity contribution in [3.63, 3.8) is 0 Å². The molecule has 4 heteroatoms. The highest BCUT2D eigenvalue weighted by Crippen LogP contribution is 2.23. The van der Waals surface area contributed by atoms with E-state index in [-0.39, 0.29) is 17.4 Å². The van der Waals surface area contributed by atoms with Crippen LogP contribution in [0.15, 0.2) is 0 Å². The predicted molar refractivity (Wildman–Crippen MR) is 59.6 cm³/mol. The normalized spacial score (nSPS) is 12.2. The maximum absolute atomic E-state index is 11.0. The molecule has 0 saturated carbocycles. The van der Waals surface area contributed by atoms with Crippen molar-refractivity contribution in [2.45, 2.75) is 39.5 Å². The molecule has 2 nitrogen and oxygen atoms in total. The molecule has 74 valence electrons. The summed E-state index contributed by atoms with van der Waals surface area (Å²) < 4.78 is 16.2. The average molecular weight is 208 g/mol. The van der Waals surface area contributed by atoms with E-state index in [0.29, 0.717) is 6.61 Å². The van der Waals surface area contributed by atoms with Gasteiger partial charge in [0.1, 0.15) is 0 Å². The molecule has 0 spiro atoms. The SMILES string of the molecule is CCCCO[PH](=O)CCCC.[AlH3]. The molecule has 0 aliphatic rings. The van der Waals surface area contributed by atoms with Gasteiger partial charge in [-0.2, -0.15) is 0 Å². The minimum Gasteiger partial charge on any atom is -0.330 e. The second-order valence-corrected chi connectivity index (χ2v) is 4.21. The van der Waals surface area contributed by atoms with E-state index in [2.05, 4.69) is 13.8 Å². The van der Waals surface area contributed by atoms with Crippen LogP contribution < -0.4 is 0 Å². The highest BCUT2D eigenvalue weighted by Gasteiger charge is 1.96. The summed E-state index contributed by atoms with van der Waals surface area (Å²) in [6.07, 6.45) is 5.05. The van der Waals surface area contributed by atoms with Crippen molar-refractivity contribution in [3.05, 3.63) is 0 Å². The smallest absolute Gasteiger partial charge is 0.191 e. The second kappa shape index (κ2) is 11.7. The van der Waals surface area contributed by atoms with Gasteiger partial charge in [-0.3, -0.25) is 4.57 Å². The third-order valence-electron chi connectivity index (χ3n) is 1.50. The molecule has 1 atom stereocenters. The average Bonchev–Trinajstić information content (AvgIpc) is 2.01. The quantitative estimate of drug-likeness (QED) is 0.363. The van der Waals surface area contributed by atoms with Crippen molar-refractivity contribution in [2.75, 3.05) is 12.8 Å². The maximum Gasteiger partial charge on any atom is 0.191 e. The summed E-state index contributed by atoms with van der Waals surface area (Å²) in [4.78, 5) is 0. The molecule has 0 fully saturated rings. The van der Waals surface area contributed by atoms with E-state index in [1.807, 2.05) is 0 Å². The number of unbranched alkanes of at least 4 members (excludes halogenated alkanes) is 2. The summed E-state index contributed by atoms with van der Waals surface area (Å²) in [7, 11) is -1.67. The van der Waals surface area contributed by atoms with Gasteiger partial charge in [-0.05, 0) is 12.8 Å². The van der Waals surface area contributed by atoms with Crippen LogP contribution in [-0.4, -0.2) is 30.1 Å². The van der Waals surface area contributed by atoms with Gasteiger partial charge in [-0.25, -0.2) is 0 Å². The molecular formula is C8H22AlO2P. The van der Waals surface area contributed by atoms with Crippen molar-refractivity contribution in [3.8, 4) is 0 Å². The highest BCUT2D eigenvalue weighted by atomic mass is 31.1. The molecule has 0 aromatic heterocycles. The first kappa shape index (κ1) is 15.2. The fraction of sp³-hybridized carbons (Fsp3) is 1.00. The van der Waals surface area contributed by atoms with Crippen LogP contribution in [0.25, 0.3) is 0 Å². The highest BCUT2D eigenvalue weighted by molar-refractivity contribution is 7.39. The lowest BCUT2D eigenvalue weighted by Gasteiger charge is -2.01. The van der Waals surface area contributed by atoms with Crippen LogP contribution in [0.4, 0.5) is 0 Å². The Kier molecular flexibility index (Phi) is 14.9. The summed E-state index contributed by atoms with van der Waals surface area (Å²) in [5.74, 6) is 0. The van der Waals surface area contributed by atoms with E-state index in [1.54, 1.807) is 0 Å². The zero-order valence-electron chi connectivity index (χ0n) is 7.56. The van der Waals surface area contributed by atoms with Crippen molar-refractivity contribution >= 4 is 25.4 Å². The standard InChI is InChI=1S/C8H19O2P.Al.3H/c1-3-5-7-10-11(9)8-6-4-2;;;;/h11H,3-8H2,1-2H3;;;;. The fourth-order valence-corrected chi connectivity index (χ4v) is 1.88. The molecule has 0 radical (unpaired) electrons. The molecule has 0 bridgehead atoms. The monoisotopic (exact) mass is 208 g/mol. The lowest BCUT2D eigenvalue weighted by Crippen LogP contribution is -1.87. The van der Waals surface area contributed by atoms with Gasteiger partial charge in [0.15, 0.2) is 25.4 Å². The number of rotatable bonds is 7. The zero-order chi connectivity index (χ0) is 8.53. The van der Waals surface area contributed by atoms with Gasteiger partial charge < -0.3 is 4.52 Å². The third-order valence-corrected chi connectivity index (χ3v) is 2.78. The van der Waals surface area contributed by atoms with Gasteiger partial charge in [0, 0.05) is 6.16 Å². The van der Waals surface area contributed by atoms with Crippen molar-refractivity contribution in [1.82, 2.24) is 0 Å². The first-order valence-corrected chi connectivity index (χ1v) is 5.99. The Morgan fingerprint density at radius 1 is 1.17 bits per heavy atom. The summed E-state index contributed by atoms with van der Waals surface area (Å²) in [5, 5.41) is 0. The maximum atomic E-state index is 11.0. The number of hydrogen-bond acceptors (Lipinski definition) is 2. The Bertz CT molecular complexity index is 109. The van der Waals surface area contributed by atoms with Crippen LogP contribution in [0.5, 0.6) is 0 Å². The molecule has 0 aliphatic heterocycles. The topological polar surface area (TPSA) is 26.3 Å². The Morgan fingerprint density at radius 3 is 2.25 bits per heavy atom. The van der Waals surface area contributed by atoms with E-state index < -0.39 is 8.03 Å². The van der Waals surface area contributed by atoms with Crippen molar-refractivity contribution in [1.29, 1.82) is 0 Å². The first-order chi connectivity index (χ1) is 5.31. The van der Waals surface area contributed by atoms with Crippen LogP contribution in [0, 0.1) is 0 Å². The summed E-state index contributed by atoms with van der Waals surface area (Å²) in [6.45, 7) is 4.88. The molecule has 0 rings (SSSR count). The molecule has 0 saturated heterocycles. The minimum absolute atomic E-state index is 0. The largest absolute Gasteiger partial charge is 0.330 e. The van der Waals surface area contributed by atoms with Crippen LogP contribution in [0.1, 0.15) is 39.5 Å². The predicted octanol–water partition coefficient (Wildman–Crippen LogP) is 1.89. The number of hydrogen-bond donors (Lipinski definition) is 0. The van der Waals surface area contributed by atoms with E-state index in [1.165, 1.54) is 0 Å². The Morgan fingerprint density at radius 2 is 1.75 bits per heavy atom. The molecule has 0 heterocycles. The molecule has 0 aromatic carbocycles. The fourth-order valence-electron chi connectivity index (χ4n) is 0.724. The van der Waals surface area contributed by atoms with E-state index in [4.69, 9.17) is 4.52 Å². The molecule has 0 amide bonds. The molecular weight excluding hydrogens is 186 g/mol. The van der Waals surface area contributed by atoms with Gasteiger partial charge >= 0.3 is 0 Å². The Balaban J connectivity index is 0. The lowest BCUT2D eigenvalue weighted by molar-refractivity contribution is 0.320. The van der Waals surface area contributed by atoms with Gasteiger partial charge in [0.05, 0.1) is 6.61 Å². The van der Waals surface area contributed by atoms with Crippen LogP contribution >= 0.6 is 8.03 Å². The van der Waals surface area contributed by atoms with E-state index in [9.17, 15) is 4.57 Å². The molecule has 0 aliphatic carbocycles. The molecule has 0 aromatic rings. The van der Waals surface area contributed by atoms with E-state index in [0.717, 1.165) is 31.8 Å². The van der Waals surface area contributed by atoms with Crippen LogP contribution in [-0.2, 0) is 9.09 Å². The van der Waals surface area contributed by atoms with Crippen LogP contribution in [0.2, 0.25) is 0 Å². The van der Waals surface area contributed by atoms with Crippen LogP contribution in [0.3, 0.4) is 0 Å². The van der Waals surface area contributed by atoms with Crippen molar-refractivity contribution < 1.29 is 9.09 Å².